The van der Waals surface area contributed by atoms with E-state index in [9.17, 15) is 26.1 Å². The molecule has 0 aromatic heterocycles. The van der Waals surface area contributed by atoms with Crippen molar-refractivity contribution in [1.82, 2.24) is 0 Å². The Morgan fingerprint density at radius 2 is 1.50 bits per heavy atom. The van der Waals surface area contributed by atoms with Gasteiger partial charge in [-0.2, -0.15) is 8.78 Å². The number of halogens is 3. The molecule has 0 aliphatic carbocycles. The lowest BCUT2D eigenvalue weighted by molar-refractivity contribution is -0.0489. The van der Waals surface area contributed by atoms with Crippen molar-refractivity contribution >= 4 is 21.0 Å². The predicted octanol–water partition coefficient (Wildman–Crippen LogP) is 6.06. The van der Waals surface area contributed by atoms with Gasteiger partial charge in [-0.1, -0.05) is 63.1 Å². The average molecular weight is 519 g/mol. The molecule has 0 aliphatic heterocycles. The Labute approximate surface area is 204 Å². The molecule has 2 rings (SSSR count). The molecule has 0 bridgehead atoms. The molecule has 0 saturated carbocycles. The van der Waals surface area contributed by atoms with Crippen molar-refractivity contribution in [3.05, 3.63) is 59.7 Å². The van der Waals surface area contributed by atoms with Gasteiger partial charge in [0.15, 0.2) is 10.1 Å². The highest BCUT2D eigenvalue weighted by atomic mass is 32.2. The Kier molecular flexibility index (Phi) is 11.4. The second-order valence-corrected chi connectivity index (χ2v) is 12.1. The first kappa shape index (κ1) is 28.7. The van der Waals surface area contributed by atoms with Gasteiger partial charge in [0, 0.05) is 5.56 Å². The summed E-state index contributed by atoms with van der Waals surface area (Å²) in [6.45, 7) is 3.03. The maximum Gasteiger partial charge on any atom is 0.367 e. The van der Waals surface area contributed by atoms with E-state index < -0.39 is 28.2 Å². The van der Waals surface area contributed by atoms with Gasteiger partial charge in [-0.3, -0.25) is 0 Å². The molecule has 0 radical (unpaired) electrons. The van der Waals surface area contributed by atoms with E-state index in [1.54, 1.807) is 12.1 Å². The van der Waals surface area contributed by atoms with E-state index in [0.29, 0.717) is 16.5 Å². The fourth-order valence-electron chi connectivity index (χ4n) is 3.39. The zero-order chi connectivity index (χ0) is 25.2. The monoisotopic (exact) mass is 518 g/mol. The zero-order valence-corrected chi connectivity index (χ0v) is 21.3. The fraction of sp³-hybridized carbons (Fsp3) is 0.520. The molecule has 0 spiro atoms. The van der Waals surface area contributed by atoms with Crippen LogP contribution in [-0.4, -0.2) is 42.5 Å². The largest absolute Gasteiger partial charge is 0.743 e. The van der Waals surface area contributed by atoms with Crippen LogP contribution in [0.5, 0.6) is 0 Å². The van der Waals surface area contributed by atoms with Crippen LogP contribution >= 0.6 is 0 Å². The van der Waals surface area contributed by atoms with Crippen molar-refractivity contribution in [1.29, 1.82) is 0 Å². The number of benzene rings is 2. The van der Waals surface area contributed by atoms with Crippen molar-refractivity contribution in [2.75, 3.05) is 18.1 Å². The number of hydrogen-bond donors (Lipinski definition) is 0. The van der Waals surface area contributed by atoms with E-state index in [0.717, 1.165) is 16.9 Å². The van der Waals surface area contributed by atoms with Gasteiger partial charge < -0.3 is 9.29 Å². The highest BCUT2D eigenvalue weighted by Gasteiger charge is 2.47. The van der Waals surface area contributed by atoms with E-state index >= 15 is 0 Å². The molecule has 0 aliphatic rings. The molecule has 0 amide bonds. The van der Waals surface area contributed by atoms with Crippen molar-refractivity contribution in [2.45, 2.75) is 63.3 Å². The number of hydrogen-bond acceptors (Lipinski definition) is 4. The van der Waals surface area contributed by atoms with Crippen LogP contribution in [-0.2, 0) is 38.1 Å². The summed E-state index contributed by atoms with van der Waals surface area (Å²) >= 11 is 0. The van der Waals surface area contributed by atoms with Crippen molar-refractivity contribution in [3.8, 4) is 11.1 Å². The topological polar surface area (TPSA) is 66.4 Å². The maximum atomic E-state index is 13.6. The highest BCUT2D eigenvalue weighted by molar-refractivity contribution is 7.96. The van der Waals surface area contributed by atoms with Gasteiger partial charge in [0.1, 0.15) is 17.3 Å². The van der Waals surface area contributed by atoms with Gasteiger partial charge >= 0.3 is 5.25 Å². The molecule has 1 atom stereocenters. The Morgan fingerprint density at radius 3 is 2.03 bits per heavy atom. The van der Waals surface area contributed by atoms with Crippen LogP contribution in [0.15, 0.2) is 48.5 Å². The van der Waals surface area contributed by atoms with Crippen LogP contribution in [0.3, 0.4) is 0 Å². The van der Waals surface area contributed by atoms with Crippen molar-refractivity contribution < 1.29 is 30.9 Å². The first-order valence-corrected chi connectivity index (χ1v) is 14.6. The zero-order valence-electron chi connectivity index (χ0n) is 19.6. The smallest absolute Gasteiger partial charge is 0.367 e. The van der Waals surface area contributed by atoms with Gasteiger partial charge in [-0.25, -0.2) is 12.8 Å². The first-order valence-electron chi connectivity index (χ1n) is 11.5. The third-order valence-electron chi connectivity index (χ3n) is 5.36. The van der Waals surface area contributed by atoms with E-state index in [1.807, 2.05) is 24.3 Å². The summed E-state index contributed by atoms with van der Waals surface area (Å²) in [5.41, 5.74) is 3.82. The quantitative estimate of drug-likeness (QED) is 0.212. The minimum Gasteiger partial charge on any atom is -0.743 e. The molecule has 0 fully saturated rings. The Bertz CT molecular complexity index is 991. The minimum atomic E-state index is -6.10. The second-order valence-electron chi connectivity index (χ2n) is 8.27. The van der Waals surface area contributed by atoms with E-state index in [1.165, 1.54) is 42.8 Å². The lowest BCUT2D eigenvalue weighted by atomic mass is 10.0. The molecule has 4 nitrogen and oxygen atoms in total. The molecule has 34 heavy (non-hydrogen) atoms. The van der Waals surface area contributed by atoms with Crippen LogP contribution in [0, 0.1) is 0 Å². The summed E-state index contributed by atoms with van der Waals surface area (Å²) in [5.74, 6) is 3.54. The molecule has 0 saturated heterocycles. The summed E-state index contributed by atoms with van der Waals surface area (Å²) in [7, 11) is -5.75. The second kappa shape index (κ2) is 13.5. The number of rotatable bonds is 15. The van der Waals surface area contributed by atoms with Gasteiger partial charge in [0.2, 0.25) is 6.17 Å². The first-order chi connectivity index (χ1) is 16.1. The minimum absolute atomic E-state index is 0.194. The van der Waals surface area contributed by atoms with Crippen LogP contribution in [0.2, 0.25) is 0 Å². The average Bonchev–Trinajstić information content (AvgIpc) is 2.80. The summed E-state index contributed by atoms with van der Waals surface area (Å²) < 4.78 is 76.6. The Balaban J connectivity index is 2.05. The molecule has 1 unspecified atom stereocenters. The summed E-state index contributed by atoms with van der Waals surface area (Å²) in [6.07, 6.45) is 1.63. The molecule has 9 heteroatoms. The SMILES string of the molecule is CCCC[S+](CCCC)Cc1cccc(-c2cccc(COCC(F)C(F)(F)S(=O)(=O)[O-])c2)c1. The molecule has 0 N–H and O–H groups in total. The van der Waals surface area contributed by atoms with Crippen LogP contribution in [0.25, 0.3) is 11.1 Å². The van der Waals surface area contributed by atoms with Crippen LogP contribution < -0.4 is 0 Å². The Morgan fingerprint density at radius 1 is 0.971 bits per heavy atom. The third-order valence-corrected chi connectivity index (χ3v) is 8.76. The van der Waals surface area contributed by atoms with Crippen LogP contribution in [0.1, 0.15) is 50.7 Å². The van der Waals surface area contributed by atoms with E-state index in [2.05, 4.69) is 26.0 Å². The molecular weight excluding hydrogens is 485 g/mol. The lowest BCUT2D eigenvalue weighted by Crippen LogP contribution is -2.41. The lowest BCUT2D eigenvalue weighted by Gasteiger charge is -2.23. The maximum absolute atomic E-state index is 13.6. The molecular formula is C25H33F3O4S2. The normalized spacial score (nSPS) is 13.4. The van der Waals surface area contributed by atoms with Gasteiger partial charge in [-0.05, 0) is 52.6 Å². The van der Waals surface area contributed by atoms with E-state index in [4.69, 9.17) is 4.74 Å². The van der Waals surface area contributed by atoms with Gasteiger partial charge in [0.25, 0.3) is 0 Å². The summed E-state index contributed by atoms with van der Waals surface area (Å²) in [6, 6.07) is 15.6. The summed E-state index contributed by atoms with van der Waals surface area (Å²) in [4.78, 5) is 0. The number of unbranched alkanes of at least 4 members (excludes halogenated alkanes) is 2. The standard InChI is InChI=1S/C25H33F3O4S2/c1-3-5-13-33(14-6-4-2)19-21-10-8-12-23(16-21)22-11-7-9-20(15-22)17-32-18-24(26)25(27,28)34(29,30)31/h7-12,15-16,24H,3-6,13-14,17-19H2,1-2H3. The molecule has 0 heterocycles. The number of ether oxygens (including phenoxy) is 1. The fourth-order valence-corrected chi connectivity index (χ4v) is 6.31. The van der Waals surface area contributed by atoms with Crippen LogP contribution in [0.4, 0.5) is 13.2 Å². The third kappa shape index (κ3) is 8.59. The van der Waals surface area contributed by atoms with Gasteiger partial charge in [-0.15, -0.1) is 0 Å². The highest BCUT2D eigenvalue weighted by Crippen LogP contribution is 2.28. The molecule has 190 valence electrons. The van der Waals surface area contributed by atoms with Crippen molar-refractivity contribution in [3.63, 3.8) is 0 Å². The number of alkyl halides is 3. The molecule has 2 aromatic rings. The predicted molar refractivity (Wildman–Crippen MR) is 132 cm³/mol. The van der Waals surface area contributed by atoms with Crippen molar-refractivity contribution in [2.24, 2.45) is 0 Å². The van der Waals surface area contributed by atoms with E-state index in [-0.39, 0.29) is 6.61 Å². The molecule has 2 aromatic carbocycles. The Hall–Kier alpha value is -1.55. The van der Waals surface area contributed by atoms with Gasteiger partial charge in [0.05, 0.1) is 13.2 Å². The summed E-state index contributed by atoms with van der Waals surface area (Å²) in [5, 5.41) is -5.03.